The molecule has 0 bridgehead atoms. The highest BCUT2D eigenvalue weighted by atomic mass is 32.2. The van der Waals surface area contributed by atoms with E-state index in [1.165, 1.54) is 10.5 Å². The van der Waals surface area contributed by atoms with Crippen LogP contribution >= 0.6 is 11.8 Å². The van der Waals surface area contributed by atoms with E-state index in [4.69, 9.17) is 5.73 Å². The lowest BCUT2D eigenvalue weighted by molar-refractivity contribution is 0.506. The fraction of sp³-hybridized carbons (Fsp3) is 0.571. The molecule has 0 radical (unpaired) electrons. The van der Waals surface area contributed by atoms with Crippen molar-refractivity contribution in [2.75, 3.05) is 6.54 Å². The summed E-state index contributed by atoms with van der Waals surface area (Å²) in [5.74, 6) is 1.09. The molecule has 1 aromatic rings. The van der Waals surface area contributed by atoms with Gasteiger partial charge in [-0.2, -0.15) is 0 Å². The van der Waals surface area contributed by atoms with Crippen molar-refractivity contribution in [2.45, 2.75) is 43.8 Å². The maximum atomic E-state index is 5.82. The van der Waals surface area contributed by atoms with E-state index in [0.29, 0.717) is 17.1 Å². The zero-order chi connectivity index (χ0) is 12.1. The number of rotatable bonds is 5. The highest BCUT2D eigenvalue weighted by molar-refractivity contribution is 7.99. The van der Waals surface area contributed by atoms with Gasteiger partial charge in [0.2, 0.25) is 0 Å². The standard InChI is InChI=1S/C14H23NS/c1-10(2)14(9-15)12-5-7-13(8-6-12)16-11(3)4/h5-8,10-11,14H,9,15H2,1-4H3. The lowest BCUT2D eigenvalue weighted by Gasteiger charge is -2.19. The van der Waals surface area contributed by atoms with Gasteiger partial charge in [0, 0.05) is 10.1 Å². The minimum absolute atomic E-state index is 0.484. The van der Waals surface area contributed by atoms with Gasteiger partial charge in [-0.25, -0.2) is 0 Å². The van der Waals surface area contributed by atoms with Crippen LogP contribution in [0, 0.1) is 5.92 Å². The summed E-state index contributed by atoms with van der Waals surface area (Å²) in [6, 6.07) is 8.88. The molecule has 1 aromatic carbocycles. The topological polar surface area (TPSA) is 26.0 Å². The molecule has 16 heavy (non-hydrogen) atoms. The van der Waals surface area contributed by atoms with Gasteiger partial charge in [0.1, 0.15) is 0 Å². The first-order valence-electron chi connectivity index (χ1n) is 6.01. The first kappa shape index (κ1) is 13.6. The largest absolute Gasteiger partial charge is 0.330 e. The molecular formula is C14H23NS. The monoisotopic (exact) mass is 237 g/mol. The molecule has 0 aliphatic heterocycles. The first-order valence-corrected chi connectivity index (χ1v) is 6.89. The molecule has 0 spiro atoms. The lowest BCUT2D eigenvalue weighted by atomic mass is 9.89. The van der Waals surface area contributed by atoms with Crippen molar-refractivity contribution in [3.63, 3.8) is 0 Å². The van der Waals surface area contributed by atoms with Gasteiger partial charge in [-0.3, -0.25) is 0 Å². The molecule has 1 unspecified atom stereocenters. The van der Waals surface area contributed by atoms with Crippen molar-refractivity contribution in [1.29, 1.82) is 0 Å². The van der Waals surface area contributed by atoms with Gasteiger partial charge < -0.3 is 5.73 Å². The second-order valence-electron chi connectivity index (χ2n) is 4.82. The third-order valence-corrected chi connectivity index (χ3v) is 3.75. The number of thioether (sulfide) groups is 1. The fourth-order valence-corrected chi connectivity index (χ4v) is 2.70. The molecule has 0 aliphatic carbocycles. The summed E-state index contributed by atoms with van der Waals surface area (Å²) in [5, 5.41) is 0.640. The Bertz CT molecular complexity index is 303. The van der Waals surface area contributed by atoms with Crippen molar-refractivity contribution in [3.05, 3.63) is 29.8 Å². The lowest BCUT2D eigenvalue weighted by Crippen LogP contribution is -2.17. The maximum absolute atomic E-state index is 5.82. The van der Waals surface area contributed by atoms with Gasteiger partial charge in [0.05, 0.1) is 0 Å². The van der Waals surface area contributed by atoms with E-state index in [9.17, 15) is 0 Å². The second kappa shape index (κ2) is 6.31. The number of hydrogen-bond donors (Lipinski definition) is 1. The molecule has 0 saturated carbocycles. The van der Waals surface area contributed by atoms with Gasteiger partial charge in [0.15, 0.2) is 0 Å². The normalized spacial score (nSPS) is 13.4. The van der Waals surface area contributed by atoms with Crippen LogP contribution < -0.4 is 5.73 Å². The van der Waals surface area contributed by atoms with Crippen molar-refractivity contribution in [2.24, 2.45) is 11.7 Å². The van der Waals surface area contributed by atoms with E-state index < -0.39 is 0 Å². The van der Waals surface area contributed by atoms with E-state index in [0.717, 1.165) is 6.54 Å². The molecule has 0 heterocycles. The fourth-order valence-electron chi connectivity index (χ4n) is 1.86. The van der Waals surface area contributed by atoms with E-state index in [-0.39, 0.29) is 0 Å². The van der Waals surface area contributed by atoms with E-state index in [1.54, 1.807) is 0 Å². The summed E-state index contributed by atoms with van der Waals surface area (Å²) in [5.41, 5.74) is 7.19. The van der Waals surface area contributed by atoms with Crippen LogP contribution in [0.15, 0.2) is 29.2 Å². The van der Waals surface area contributed by atoms with Gasteiger partial charge in [0.25, 0.3) is 0 Å². The first-order chi connectivity index (χ1) is 7.54. The van der Waals surface area contributed by atoms with E-state index >= 15 is 0 Å². The number of hydrogen-bond acceptors (Lipinski definition) is 2. The third-order valence-electron chi connectivity index (χ3n) is 2.74. The predicted octanol–water partition coefficient (Wildman–Crippen LogP) is 3.89. The van der Waals surface area contributed by atoms with Crippen LogP contribution in [-0.4, -0.2) is 11.8 Å². The van der Waals surface area contributed by atoms with E-state index in [1.807, 2.05) is 11.8 Å². The molecule has 1 rings (SSSR count). The Balaban J connectivity index is 2.77. The molecule has 2 heteroatoms. The Morgan fingerprint density at radius 2 is 1.62 bits per heavy atom. The number of benzene rings is 1. The van der Waals surface area contributed by atoms with E-state index in [2.05, 4.69) is 52.0 Å². The van der Waals surface area contributed by atoms with Gasteiger partial charge in [-0.05, 0) is 36.1 Å². The summed E-state index contributed by atoms with van der Waals surface area (Å²) in [6.45, 7) is 9.63. The SMILES string of the molecule is CC(C)Sc1ccc(C(CN)C(C)C)cc1. The van der Waals surface area contributed by atoms with Crippen LogP contribution in [0.25, 0.3) is 0 Å². The Labute approximate surface area is 104 Å². The van der Waals surface area contributed by atoms with Gasteiger partial charge >= 0.3 is 0 Å². The highest BCUT2D eigenvalue weighted by Gasteiger charge is 2.13. The quantitative estimate of drug-likeness (QED) is 0.786. The Morgan fingerprint density at radius 3 is 2.00 bits per heavy atom. The summed E-state index contributed by atoms with van der Waals surface area (Å²) < 4.78 is 0. The van der Waals surface area contributed by atoms with Crippen LogP contribution in [0.4, 0.5) is 0 Å². The summed E-state index contributed by atoms with van der Waals surface area (Å²) >= 11 is 1.90. The molecule has 2 N–H and O–H groups in total. The average Bonchev–Trinajstić information content (AvgIpc) is 2.20. The summed E-state index contributed by atoms with van der Waals surface area (Å²) in [7, 11) is 0. The Morgan fingerprint density at radius 1 is 1.06 bits per heavy atom. The Kier molecular flexibility index (Phi) is 5.36. The molecule has 0 aliphatic rings. The van der Waals surface area contributed by atoms with Crippen LogP contribution in [0.5, 0.6) is 0 Å². The van der Waals surface area contributed by atoms with Crippen LogP contribution in [0.2, 0.25) is 0 Å². The molecule has 0 fully saturated rings. The second-order valence-corrected chi connectivity index (χ2v) is 6.47. The smallest absolute Gasteiger partial charge is 0.00747 e. The molecule has 90 valence electrons. The average molecular weight is 237 g/mol. The van der Waals surface area contributed by atoms with Crippen molar-refractivity contribution < 1.29 is 0 Å². The molecule has 1 atom stereocenters. The summed E-state index contributed by atoms with van der Waals surface area (Å²) in [4.78, 5) is 1.35. The highest BCUT2D eigenvalue weighted by Crippen LogP contribution is 2.27. The predicted molar refractivity (Wildman–Crippen MR) is 74.1 cm³/mol. The number of nitrogens with two attached hydrogens (primary N) is 1. The molecule has 0 aromatic heterocycles. The van der Waals surface area contributed by atoms with Gasteiger partial charge in [-0.1, -0.05) is 39.8 Å². The third kappa shape index (κ3) is 3.84. The van der Waals surface area contributed by atoms with Crippen molar-refractivity contribution in [1.82, 2.24) is 0 Å². The zero-order valence-corrected chi connectivity index (χ0v) is 11.6. The van der Waals surface area contributed by atoms with Crippen LogP contribution in [-0.2, 0) is 0 Å². The Hall–Kier alpha value is -0.470. The van der Waals surface area contributed by atoms with Crippen molar-refractivity contribution in [3.8, 4) is 0 Å². The minimum Gasteiger partial charge on any atom is -0.330 e. The minimum atomic E-state index is 0.484. The van der Waals surface area contributed by atoms with Crippen LogP contribution in [0.3, 0.4) is 0 Å². The summed E-state index contributed by atoms with van der Waals surface area (Å²) in [6.07, 6.45) is 0. The molecule has 0 amide bonds. The maximum Gasteiger partial charge on any atom is 0.00747 e. The van der Waals surface area contributed by atoms with Gasteiger partial charge in [-0.15, -0.1) is 11.8 Å². The molecule has 0 saturated heterocycles. The zero-order valence-electron chi connectivity index (χ0n) is 10.7. The van der Waals surface area contributed by atoms with Crippen molar-refractivity contribution >= 4 is 11.8 Å². The molecular weight excluding hydrogens is 214 g/mol. The molecule has 1 nitrogen and oxygen atoms in total. The van der Waals surface area contributed by atoms with Crippen LogP contribution in [0.1, 0.15) is 39.2 Å².